The SMILES string of the molecule is Cc1ccc(S(=O)(=O)NCCC(C)(C)O)cc1-c1cnc(N)c(-c2csc(CN3CCOCC3)c2)n1. The molecule has 9 nitrogen and oxygen atoms in total. The number of anilines is 1. The Morgan fingerprint density at radius 3 is 2.72 bits per heavy atom. The predicted molar refractivity (Wildman–Crippen MR) is 142 cm³/mol. The minimum Gasteiger partial charge on any atom is -0.390 e. The predicted octanol–water partition coefficient (Wildman–Crippen LogP) is 3.03. The van der Waals surface area contributed by atoms with Crippen LogP contribution in [0, 0.1) is 6.92 Å². The van der Waals surface area contributed by atoms with Crippen molar-refractivity contribution in [2.24, 2.45) is 0 Å². The maximum atomic E-state index is 12.9. The van der Waals surface area contributed by atoms with Gasteiger partial charge in [0.05, 0.1) is 35.6 Å². The third-order valence-electron chi connectivity index (χ3n) is 6.04. The standard InChI is InChI=1S/C25H33N5O4S2/c1-17-4-5-20(36(32,33)28-7-6-25(2,3)31)13-21(17)22-14-27-24(26)23(29-22)18-12-19(35-16-18)15-30-8-10-34-11-9-30/h4-5,12-14,16,28,31H,6-11,15H2,1-3H3,(H2,26,27). The van der Waals surface area contributed by atoms with Gasteiger partial charge in [-0.1, -0.05) is 6.07 Å². The Labute approximate surface area is 216 Å². The summed E-state index contributed by atoms with van der Waals surface area (Å²) in [6.07, 6.45) is 1.87. The molecular formula is C25H33N5O4S2. The topological polar surface area (TPSA) is 131 Å². The van der Waals surface area contributed by atoms with Gasteiger partial charge in [-0.2, -0.15) is 0 Å². The smallest absolute Gasteiger partial charge is 0.240 e. The molecule has 3 heterocycles. The van der Waals surface area contributed by atoms with Crippen molar-refractivity contribution in [3.8, 4) is 22.5 Å². The monoisotopic (exact) mass is 531 g/mol. The van der Waals surface area contributed by atoms with E-state index in [0.29, 0.717) is 29.2 Å². The van der Waals surface area contributed by atoms with Gasteiger partial charge in [-0.05, 0) is 51.0 Å². The van der Waals surface area contributed by atoms with Gasteiger partial charge < -0.3 is 15.6 Å². The van der Waals surface area contributed by atoms with Crippen molar-refractivity contribution in [3.05, 3.63) is 46.3 Å². The van der Waals surface area contributed by atoms with E-state index >= 15 is 0 Å². The fraction of sp³-hybridized carbons (Fsp3) is 0.440. The summed E-state index contributed by atoms with van der Waals surface area (Å²) in [6.45, 7) is 9.49. The Morgan fingerprint density at radius 2 is 2.00 bits per heavy atom. The van der Waals surface area contributed by atoms with Crippen LogP contribution < -0.4 is 10.5 Å². The highest BCUT2D eigenvalue weighted by atomic mass is 32.2. The van der Waals surface area contributed by atoms with Crippen LogP contribution in [0.3, 0.4) is 0 Å². The number of nitrogen functional groups attached to an aromatic ring is 1. The van der Waals surface area contributed by atoms with E-state index < -0.39 is 15.6 Å². The Kier molecular flexibility index (Phi) is 8.08. The van der Waals surface area contributed by atoms with Gasteiger partial charge in [0.1, 0.15) is 11.5 Å². The maximum absolute atomic E-state index is 12.9. The number of thiophene rings is 1. The molecule has 1 fully saturated rings. The summed E-state index contributed by atoms with van der Waals surface area (Å²) in [6, 6.07) is 7.00. The molecule has 0 saturated carbocycles. The van der Waals surface area contributed by atoms with Crippen molar-refractivity contribution in [2.75, 3.05) is 38.6 Å². The third kappa shape index (κ3) is 6.67. The molecule has 0 radical (unpaired) electrons. The van der Waals surface area contributed by atoms with Crippen LogP contribution >= 0.6 is 11.3 Å². The molecule has 1 aromatic carbocycles. The first kappa shape index (κ1) is 26.6. The number of hydrogen-bond acceptors (Lipinski definition) is 9. The van der Waals surface area contributed by atoms with Gasteiger partial charge in [-0.15, -0.1) is 11.3 Å². The number of nitrogens with two attached hydrogens (primary N) is 1. The number of hydrogen-bond donors (Lipinski definition) is 3. The van der Waals surface area contributed by atoms with E-state index in [2.05, 4.69) is 20.7 Å². The zero-order valence-corrected chi connectivity index (χ0v) is 22.5. The lowest BCUT2D eigenvalue weighted by molar-refractivity contribution is 0.0346. The van der Waals surface area contributed by atoms with Gasteiger partial charge in [0.2, 0.25) is 10.0 Å². The molecule has 36 heavy (non-hydrogen) atoms. The lowest BCUT2D eigenvalue weighted by atomic mass is 10.1. The van der Waals surface area contributed by atoms with Gasteiger partial charge in [0.15, 0.2) is 0 Å². The fourth-order valence-corrected chi connectivity index (χ4v) is 5.89. The minimum absolute atomic E-state index is 0.127. The van der Waals surface area contributed by atoms with Crippen molar-refractivity contribution >= 4 is 27.2 Å². The second-order valence-electron chi connectivity index (χ2n) is 9.62. The summed E-state index contributed by atoms with van der Waals surface area (Å²) in [5.41, 5.74) is 8.79. The van der Waals surface area contributed by atoms with Gasteiger partial charge >= 0.3 is 0 Å². The molecule has 3 aromatic rings. The summed E-state index contributed by atoms with van der Waals surface area (Å²) >= 11 is 1.66. The molecule has 0 aliphatic carbocycles. The van der Waals surface area contributed by atoms with Gasteiger partial charge in [0, 0.05) is 47.6 Å². The van der Waals surface area contributed by atoms with Crippen molar-refractivity contribution in [2.45, 2.75) is 44.2 Å². The van der Waals surface area contributed by atoms with Crippen LogP contribution in [0.2, 0.25) is 0 Å². The quantitative estimate of drug-likeness (QED) is 0.384. The Balaban J connectivity index is 1.58. The van der Waals surface area contributed by atoms with Crippen LogP contribution in [-0.4, -0.2) is 66.8 Å². The number of aliphatic hydroxyl groups is 1. The molecule has 11 heteroatoms. The first-order chi connectivity index (χ1) is 17.0. The van der Waals surface area contributed by atoms with Crippen LogP contribution in [0.1, 0.15) is 30.7 Å². The van der Waals surface area contributed by atoms with E-state index in [-0.39, 0.29) is 11.4 Å². The summed E-state index contributed by atoms with van der Waals surface area (Å²) in [5.74, 6) is 0.323. The molecular weight excluding hydrogens is 498 g/mol. The molecule has 1 saturated heterocycles. The van der Waals surface area contributed by atoms with E-state index in [1.165, 1.54) is 4.88 Å². The number of morpholine rings is 1. The molecule has 1 aliphatic heterocycles. The number of aromatic nitrogens is 2. The highest BCUT2D eigenvalue weighted by molar-refractivity contribution is 7.89. The molecule has 0 spiro atoms. The van der Waals surface area contributed by atoms with E-state index in [0.717, 1.165) is 44.0 Å². The first-order valence-electron chi connectivity index (χ1n) is 11.9. The zero-order chi connectivity index (χ0) is 25.9. The average Bonchev–Trinajstić information content (AvgIpc) is 3.27. The van der Waals surface area contributed by atoms with Crippen LogP contribution in [0.25, 0.3) is 22.5 Å². The van der Waals surface area contributed by atoms with E-state index in [9.17, 15) is 13.5 Å². The number of benzene rings is 1. The van der Waals surface area contributed by atoms with Crippen LogP contribution in [-0.2, 0) is 21.3 Å². The number of aryl methyl sites for hydroxylation is 1. The van der Waals surface area contributed by atoms with Gasteiger partial charge in [-0.25, -0.2) is 23.1 Å². The van der Waals surface area contributed by atoms with Crippen molar-refractivity contribution < 1.29 is 18.3 Å². The molecule has 1 aliphatic rings. The van der Waals surface area contributed by atoms with Gasteiger partial charge in [0.25, 0.3) is 0 Å². The second kappa shape index (κ2) is 10.9. The van der Waals surface area contributed by atoms with Crippen molar-refractivity contribution in [1.82, 2.24) is 19.6 Å². The van der Waals surface area contributed by atoms with Crippen LogP contribution in [0.5, 0.6) is 0 Å². The number of ether oxygens (including phenoxy) is 1. The molecule has 4 N–H and O–H groups in total. The third-order valence-corrected chi connectivity index (χ3v) is 8.42. The average molecular weight is 532 g/mol. The summed E-state index contributed by atoms with van der Waals surface area (Å²) in [5, 5.41) is 11.9. The molecule has 0 atom stereocenters. The highest BCUT2D eigenvalue weighted by Gasteiger charge is 2.20. The minimum atomic E-state index is -3.76. The van der Waals surface area contributed by atoms with Crippen molar-refractivity contribution in [1.29, 1.82) is 0 Å². The second-order valence-corrected chi connectivity index (χ2v) is 12.4. The number of rotatable bonds is 9. The molecule has 0 unspecified atom stereocenters. The first-order valence-corrected chi connectivity index (χ1v) is 14.2. The molecule has 0 amide bonds. The molecule has 0 bridgehead atoms. The lowest BCUT2D eigenvalue weighted by Crippen LogP contribution is -2.35. The lowest BCUT2D eigenvalue weighted by Gasteiger charge is -2.25. The number of nitrogens with one attached hydrogen (secondary N) is 1. The Bertz CT molecular complexity index is 1310. The van der Waals surface area contributed by atoms with Crippen LogP contribution in [0.15, 0.2) is 40.7 Å². The Hall–Kier alpha value is -2.41. The van der Waals surface area contributed by atoms with E-state index in [1.54, 1.807) is 49.6 Å². The molecule has 194 valence electrons. The number of sulfonamides is 1. The van der Waals surface area contributed by atoms with Crippen molar-refractivity contribution in [3.63, 3.8) is 0 Å². The largest absolute Gasteiger partial charge is 0.390 e. The van der Waals surface area contributed by atoms with Gasteiger partial charge in [-0.3, -0.25) is 4.90 Å². The summed E-state index contributed by atoms with van der Waals surface area (Å²) < 4.78 is 33.7. The molecule has 4 rings (SSSR count). The number of nitrogens with zero attached hydrogens (tertiary/aromatic N) is 3. The van der Waals surface area contributed by atoms with E-state index in [4.69, 9.17) is 15.5 Å². The normalized spacial score (nSPS) is 15.3. The molecule has 2 aromatic heterocycles. The fourth-order valence-electron chi connectivity index (χ4n) is 3.93. The Morgan fingerprint density at radius 1 is 1.25 bits per heavy atom. The maximum Gasteiger partial charge on any atom is 0.240 e. The zero-order valence-electron chi connectivity index (χ0n) is 20.8. The summed E-state index contributed by atoms with van der Waals surface area (Å²) in [7, 11) is -3.76. The highest BCUT2D eigenvalue weighted by Crippen LogP contribution is 2.32. The van der Waals surface area contributed by atoms with E-state index in [1.807, 2.05) is 12.3 Å². The summed E-state index contributed by atoms with van der Waals surface area (Å²) in [4.78, 5) is 12.8. The van der Waals surface area contributed by atoms with Crippen LogP contribution in [0.4, 0.5) is 5.82 Å².